The molecule has 2 atom stereocenters. The molecule has 0 saturated carbocycles. The lowest BCUT2D eigenvalue weighted by molar-refractivity contribution is -0.141. The summed E-state index contributed by atoms with van der Waals surface area (Å²) in [6, 6.07) is -1.80. The average Bonchev–Trinajstić information content (AvgIpc) is 2.42. The molecule has 0 spiro atoms. The maximum absolute atomic E-state index is 12.0. The Morgan fingerprint density at radius 2 is 1.86 bits per heavy atom. The minimum Gasteiger partial charge on any atom is -0.480 e. The third-order valence-corrected chi connectivity index (χ3v) is 3.57. The number of carbonyl (C=O) groups is 3. The van der Waals surface area contributed by atoms with Gasteiger partial charge in [0.1, 0.15) is 0 Å². The summed E-state index contributed by atoms with van der Waals surface area (Å²) < 4.78 is 0. The fourth-order valence-electron chi connectivity index (χ4n) is 2.24. The highest BCUT2D eigenvalue weighted by Gasteiger charge is 2.29. The van der Waals surface area contributed by atoms with E-state index in [-0.39, 0.29) is 5.91 Å². The van der Waals surface area contributed by atoms with E-state index in [1.807, 2.05) is 0 Å². The van der Waals surface area contributed by atoms with E-state index in [0.29, 0.717) is 25.6 Å². The van der Waals surface area contributed by atoms with Crippen LogP contribution in [0, 0.1) is 5.92 Å². The normalized spacial score (nSPS) is 18.7. The summed E-state index contributed by atoms with van der Waals surface area (Å²) in [5.74, 6) is -1.01. The van der Waals surface area contributed by atoms with Crippen LogP contribution in [0.15, 0.2) is 0 Å². The van der Waals surface area contributed by atoms with Crippen LogP contribution in [0.4, 0.5) is 4.79 Å². The summed E-state index contributed by atoms with van der Waals surface area (Å²) in [6.07, 6.45) is 0.337. The third-order valence-electron chi connectivity index (χ3n) is 3.57. The summed E-state index contributed by atoms with van der Waals surface area (Å²) in [5.41, 5.74) is 0. The predicted molar refractivity (Wildman–Crippen MR) is 74.6 cm³/mol. The van der Waals surface area contributed by atoms with Gasteiger partial charge in [-0.1, -0.05) is 0 Å². The minimum atomic E-state index is -1.31. The number of aliphatic carboxylic acids is 1. The summed E-state index contributed by atoms with van der Waals surface area (Å²) in [6.45, 7) is 4.38. The van der Waals surface area contributed by atoms with E-state index in [0.717, 1.165) is 12.8 Å². The quantitative estimate of drug-likeness (QED) is 0.539. The third kappa shape index (κ3) is 5.58. The summed E-state index contributed by atoms with van der Waals surface area (Å²) >= 11 is 0. The van der Waals surface area contributed by atoms with E-state index in [4.69, 9.17) is 5.11 Å². The second kappa shape index (κ2) is 7.82. The molecule has 21 heavy (non-hydrogen) atoms. The van der Waals surface area contributed by atoms with Crippen molar-refractivity contribution in [3.63, 3.8) is 0 Å². The number of carboxylic acids is 1. The van der Waals surface area contributed by atoms with Crippen molar-refractivity contribution in [3.8, 4) is 0 Å². The van der Waals surface area contributed by atoms with Crippen LogP contribution in [-0.2, 0) is 9.59 Å². The first-order chi connectivity index (χ1) is 9.81. The molecule has 120 valence electrons. The first-order valence-electron chi connectivity index (χ1n) is 7.02. The van der Waals surface area contributed by atoms with Crippen LogP contribution in [-0.4, -0.2) is 64.8 Å². The number of hydrogen-bond donors (Lipinski definition) is 4. The molecule has 1 fully saturated rings. The summed E-state index contributed by atoms with van der Waals surface area (Å²) in [4.78, 5) is 35.3. The van der Waals surface area contributed by atoms with Gasteiger partial charge in [-0.05, 0) is 25.7 Å². The van der Waals surface area contributed by atoms with Crippen LogP contribution in [0.2, 0.25) is 0 Å². The lowest BCUT2D eigenvalue weighted by Gasteiger charge is -2.33. The lowest BCUT2D eigenvalue weighted by Crippen LogP contribution is -2.54. The standard InChI is InChI=1S/C13H23N3O5/c1-8(17)11(12(19)20)15-13(21)16-5-3-10(4-6-16)7-14-9(2)18/h8,10-11,17H,3-7H2,1-2H3,(H,14,18)(H,15,21)(H,19,20). The van der Waals surface area contributed by atoms with Crippen molar-refractivity contribution in [1.82, 2.24) is 15.5 Å². The Morgan fingerprint density at radius 3 is 2.29 bits per heavy atom. The molecule has 4 N–H and O–H groups in total. The highest BCUT2D eigenvalue weighted by molar-refractivity contribution is 5.83. The summed E-state index contributed by atoms with van der Waals surface area (Å²) in [7, 11) is 0. The lowest BCUT2D eigenvalue weighted by atomic mass is 9.97. The molecule has 1 saturated heterocycles. The predicted octanol–water partition coefficient (Wildman–Crippen LogP) is -0.622. The highest BCUT2D eigenvalue weighted by atomic mass is 16.4. The number of amides is 3. The molecule has 1 aliphatic rings. The van der Waals surface area contributed by atoms with E-state index in [9.17, 15) is 19.5 Å². The fraction of sp³-hybridized carbons (Fsp3) is 0.769. The molecule has 0 aromatic heterocycles. The Kier molecular flexibility index (Phi) is 6.41. The van der Waals surface area contributed by atoms with E-state index >= 15 is 0 Å². The van der Waals surface area contributed by atoms with Crippen LogP contribution in [0.5, 0.6) is 0 Å². The number of rotatable bonds is 5. The molecule has 0 aromatic rings. The van der Waals surface area contributed by atoms with Gasteiger partial charge in [0.2, 0.25) is 5.91 Å². The van der Waals surface area contributed by atoms with E-state index in [1.54, 1.807) is 0 Å². The average molecular weight is 301 g/mol. The van der Waals surface area contributed by atoms with Crippen molar-refractivity contribution < 1.29 is 24.6 Å². The Hall–Kier alpha value is -1.83. The van der Waals surface area contributed by atoms with Gasteiger partial charge in [0, 0.05) is 26.6 Å². The van der Waals surface area contributed by atoms with Crippen LogP contribution in [0.3, 0.4) is 0 Å². The molecule has 8 nitrogen and oxygen atoms in total. The Balaban J connectivity index is 2.41. The van der Waals surface area contributed by atoms with Gasteiger partial charge >= 0.3 is 12.0 Å². The van der Waals surface area contributed by atoms with Gasteiger partial charge in [-0.15, -0.1) is 0 Å². The zero-order valence-electron chi connectivity index (χ0n) is 12.3. The second-order valence-electron chi connectivity index (χ2n) is 5.37. The number of hydrogen-bond acceptors (Lipinski definition) is 4. The van der Waals surface area contributed by atoms with Gasteiger partial charge in [-0.2, -0.15) is 0 Å². The zero-order valence-corrected chi connectivity index (χ0v) is 12.3. The molecule has 0 radical (unpaired) electrons. The van der Waals surface area contributed by atoms with Gasteiger partial charge in [-0.3, -0.25) is 4.79 Å². The molecule has 3 amide bonds. The van der Waals surface area contributed by atoms with E-state index in [1.165, 1.54) is 18.7 Å². The van der Waals surface area contributed by atoms with Crippen LogP contribution < -0.4 is 10.6 Å². The molecule has 1 aliphatic heterocycles. The number of aliphatic hydroxyl groups is 1. The first kappa shape index (κ1) is 17.2. The monoisotopic (exact) mass is 301 g/mol. The molecule has 0 bridgehead atoms. The maximum Gasteiger partial charge on any atom is 0.328 e. The van der Waals surface area contributed by atoms with Gasteiger partial charge in [0.25, 0.3) is 0 Å². The van der Waals surface area contributed by atoms with Crippen LogP contribution >= 0.6 is 0 Å². The molecular weight excluding hydrogens is 278 g/mol. The molecule has 1 rings (SSSR count). The maximum atomic E-state index is 12.0. The fourth-order valence-corrected chi connectivity index (χ4v) is 2.24. The number of aliphatic hydroxyl groups excluding tert-OH is 1. The highest BCUT2D eigenvalue weighted by Crippen LogP contribution is 2.16. The Bertz CT molecular complexity index is 391. The first-order valence-corrected chi connectivity index (χ1v) is 7.02. The molecule has 0 aliphatic carbocycles. The zero-order chi connectivity index (χ0) is 16.0. The van der Waals surface area contributed by atoms with Gasteiger partial charge in [-0.25, -0.2) is 9.59 Å². The topological polar surface area (TPSA) is 119 Å². The number of likely N-dealkylation sites (tertiary alicyclic amines) is 1. The largest absolute Gasteiger partial charge is 0.480 e. The number of carboxylic acid groups (broad SMARTS) is 1. The SMILES string of the molecule is CC(=O)NCC1CCN(C(=O)NC(C(=O)O)C(C)O)CC1. The van der Waals surface area contributed by atoms with Gasteiger partial charge in [0.05, 0.1) is 6.10 Å². The Morgan fingerprint density at radius 1 is 1.29 bits per heavy atom. The van der Waals surface area contributed by atoms with Crippen molar-refractivity contribution in [1.29, 1.82) is 0 Å². The molecule has 1 heterocycles. The molecule has 8 heteroatoms. The van der Waals surface area contributed by atoms with Crippen molar-refractivity contribution in [2.24, 2.45) is 5.92 Å². The number of piperidine rings is 1. The van der Waals surface area contributed by atoms with Crippen LogP contribution in [0.25, 0.3) is 0 Å². The molecular formula is C13H23N3O5. The second-order valence-corrected chi connectivity index (χ2v) is 5.37. The number of urea groups is 1. The minimum absolute atomic E-state index is 0.0728. The number of carbonyl (C=O) groups excluding carboxylic acids is 2. The van der Waals surface area contributed by atoms with Crippen molar-refractivity contribution in [3.05, 3.63) is 0 Å². The number of nitrogens with one attached hydrogen (secondary N) is 2. The van der Waals surface area contributed by atoms with E-state index in [2.05, 4.69) is 10.6 Å². The Labute approximate surface area is 123 Å². The van der Waals surface area contributed by atoms with Crippen molar-refractivity contribution in [2.75, 3.05) is 19.6 Å². The summed E-state index contributed by atoms with van der Waals surface area (Å²) in [5, 5.41) is 23.3. The smallest absolute Gasteiger partial charge is 0.328 e. The van der Waals surface area contributed by atoms with Gasteiger partial charge < -0.3 is 25.7 Å². The van der Waals surface area contributed by atoms with E-state index < -0.39 is 24.1 Å². The van der Waals surface area contributed by atoms with Crippen molar-refractivity contribution >= 4 is 17.9 Å². The molecule has 2 unspecified atom stereocenters. The van der Waals surface area contributed by atoms with Crippen LogP contribution in [0.1, 0.15) is 26.7 Å². The molecule has 0 aromatic carbocycles. The number of nitrogens with zero attached hydrogens (tertiary/aromatic N) is 1. The van der Waals surface area contributed by atoms with Gasteiger partial charge in [0.15, 0.2) is 6.04 Å². The van der Waals surface area contributed by atoms with Crippen molar-refractivity contribution in [2.45, 2.75) is 38.8 Å².